The number of carbonyl (C=O) groups is 1. The topological polar surface area (TPSA) is 38.8 Å². The molecule has 3 heterocycles. The van der Waals surface area contributed by atoms with E-state index in [0.717, 1.165) is 28.1 Å². The van der Waals surface area contributed by atoms with E-state index in [1.807, 2.05) is 42.5 Å². The lowest BCUT2D eigenvalue weighted by Gasteiger charge is -2.39. The second-order valence-electron chi connectivity index (χ2n) is 8.05. The van der Waals surface area contributed by atoms with Gasteiger partial charge in [0, 0.05) is 24.2 Å². The maximum Gasteiger partial charge on any atom is 0.194 e. The highest BCUT2D eigenvalue weighted by atomic mass is 16.5. The van der Waals surface area contributed by atoms with Crippen molar-refractivity contribution in [3.8, 4) is 5.75 Å². The summed E-state index contributed by atoms with van der Waals surface area (Å²) >= 11 is 0. The van der Waals surface area contributed by atoms with Crippen molar-refractivity contribution in [2.24, 2.45) is 0 Å². The van der Waals surface area contributed by atoms with Crippen LogP contribution in [0, 0.1) is 0 Å². The van der Waals surface area contributed by atoms with Crippen molar-refractivity contribution in [3.63, 3.8) is 0 Å². The van der Waals surface area contributed by atoms with Crippen molar-refractivity contribution in [2.75, 3.05) is 19.1 Å². The Bertz CT molecular complexity index is 1140. The first kappa shape index (κ1) is 16.8. The van der Waals surface area contributed by atoms with E-state index in [0.29, 0.717) is 0 Å². The minimum Gasteiger partial charge on any atom is -0.497 e. The van der Waals surface area contributed by atoms with E-state index in [9.17, 15) is 4.79 Å². The molecule has 3 aliphatic rings. The summed E-state index contributed by atoms with van der Waals surface area (Å²) in [6.07, 6.45) is -0.501. The van der Waals surface area contributed by atoms with Crippen molar-refractivity contribution in [2.45, 2.75) is 23.7 Å². The number of ketones is 1. The Hall–Kier alpha value is -3.11. The van der Waals surface area contributed by atoms with Gasteiger partial charge in [-0.25, -0.2) is 0 Å². The van der Waals surface area contributed by atoms with Crippen molar-refractivity contribution in [1.29, 1.82) is 0 Å². The molecule has 2 bridgehead atoms. The third-order valence-electron chi connectivity index (χ3n) is 6.85. The van der Waals surface area contributed by atoms with E-state index in [4.69, 9.17) is 9.47 Å². The molecule has 29 heavy (non-hydrogen) atoms. The summed E-state index contributed by atoms with van der Waals surface area (Å²) in [6, 6.07) is 24.4. The average Bonchev–Trinajstić information content (AvgIpc) is 3.26. The van der Waals surface area contributed by atoms with Crippen molar-refractivity contribution >= 4 is 11.5 Å². The molecule has 3 aromatic carbocycles. The van der Waals surface area contributed by atoms with Gasteiger partial charge in [0.15, 0.2) is 5.78 Å². The second kappa shape index (κ2) is 5.71. The monoisotopic (exact) mass is 383 g/mol. The molecule has 0 radical (unpaired) electrons. The number of rotatable bonds is 2. The Labute approximate surface area is 169 Å². The van der Waals surface area contributed by atoms with Crippen LogP contribution in [0.15, 0.2) is 72.8 Å². The van der Waals surface area contributed by atoms with E-state index in [1.54, 1.807) is 7.11 Å². The molecule has 6 rings (SSSR count). The Balaban J connectivity index is 1.70. The first-order chi connectivity index (χ1) is 14.2. The predicted molar refractivity (Wildman–Crippen MR) is 111 cm³/mol. The van der Waals surface area contributed by atoms with Crippen LogP contribution in [0.25, 0.3) is 0 Å². The van der Waals surface area contributed by atoms with Gasteiger partial charge in [-0.3, -0.25) is 4.79 Å². The molecule has 0 aliphatic carbocycles. The number of methoxy groups -OCH3 is 1. The number of fused-ring (bicyclic) bond motifs is 9. The summed E-state index contributed by atoms with van der Waals surface area (Å²) in [4.78, 5) is 15.7. The average molecular weight is 383 g/mol. The van der Waals surface area contributed by atoms with Crippen molar-refractivity contribution < 1.29 is 14.3 Å². The number of carbonyl (C=O) groups excluding carboxylic acids is 1. The Morgan fingerprint density at radius 1 is 1.00 bits per heavy atom. The molecular weight excluding hydrogens is 362 g/mol. The van der Waals surface area contributed by atoms with Crippen LogP contribution < -0.4 is 9.64 Å². The SMILES string of the molecule is COc1ccc2c(c1)[C@H]1[C@H]([C@H]3O[C@]1(c1ccccc1)c1ccccc1C3=O)N2C. The molecule has 0 spiro atoms. The van der Waals surface area contributed by atoms with E-state index >= 15 is 0 Å². The highest BCUT2D eigenvalue weighted by molar-refractivity contribution is 6.04. The normalized spacial score (nSPS) is 28.7. The van der Waals surface area contributed by atoms with Crippen molar-refractivity contribution in [1.82, 2.24) is 0 Å². The molecule has 4 heteroatoms. The quantitative estimate of drug-likeness (QED) is 0.667. The molecule has 0 aromatic heterocycles. The number of hydrogen-bond acceptors (Lipinski definition) is 4. The van der Waals surface area contributed by atoms with E-state index in [2.05, 4.69) is 42.3 Å². The summed E-state index contributed by atoms with van der Waals surface area (Å²) in [5.74, 6) is 0.894. The van der Waals surface area contributed by atoms with Crippen LogP contribution >= 0.6 is 0 Å². The van der Waals surface area contributed by atoms with E-state index in [1.165, 1.54) is 5.56 Å². The van der Waals surface area contributed by atoms with Gasteiger partial charge >= 0.3 is 0 Å². The predicted octanol–water partition coefficient (Wildman–Crippen LogP) is 4.14. The van der Waals surface area contributed by atoms with Crippen LogP contribution in [0.4, 0.5) is 5.69 Å². The lowest BCUT2D eigenvalue weighted by atomic mass is 9.72. The molecule has 3 aliphatic heterocycles. The van der Waals surface area contributed by atoms with Crippen LogP contribution in [-0.4, -0.2) is 32.1 Å². The van der Waals surface area contributed by atoms with Gasteiger partial charge in [-0.1, -0.05) is 54.6 Å². The molecular formula is C25H21NO3. The zero-order chi connectivity index (χ0) is 19.8. The van der Waals surface area contributed by atoms with Gasteiger partial charge < -0.3 is 14.4 Å². The standard InChI is InChI=1S/C25H21NO3/c1-26-20-13-12-16(28-2)14-18(20)21-22(26)24-23(27)17-10-6-7-11-19(17)25(21,29-24)15-8-4-3-5-9-15/h3-14,21-22,24H,1-2H3/t21-,22+,24+,25+/m0/s1. The minimum atomic E-state index is -0.701. The fourth-order valence-corrected chi connectivity index (χ4v) is 5.68. The molecule has 144 valence electrons. The first-order valence-corrected chi connectivity index (χ1v) is 9.94. The van der Waals surface area contributed by atoms with Gasteiger partial charge in [0.1, 0.15) is 17.5 Å². The summed E-state index contributed by atoms with van der Waals surface area (Å²) in [6.45, 7) is 0. The molecule has 3 aromatic rings. The molecule has 0 amide bonds. The third-order valence-corrected chi connectivity index (χ3v) is 6.85. The van der Waals surface area contributed by atoms with Gasteiger partial charge in [-0.05, 0) is 34.9 Å². The van der Waals surface area contributed by atoms with Crippen LogP contribution in [-0.2, 0) is 10.3 Å². The van der Waals surface area contributed by atoms with Gasteiger partial charge in [-0.2, -0.15) is 0 Å². The molecule has 1 saturated heterocycles. The molecule has 0 N–H and O–H groups in total. The highest BCUT2D eigenvalue weighted by Gasteiger charge is 2.66. The molecule has 0 saturated carbocycles. The zero-order valence-corrected chi connectivity index (χ0v) is 16.3. The van der Waals surface area contributed by atoms with Gasteiger partial charge in [0.2, 0.25) is 0 Å². The van der Waals surface area contributed by atoms with Gasteiger partial charge in [0.05, 0.1) is 13.2 Å². The maximum absolute atomic E-state index is 13.4. The van der Waals surface area contributed by atoms with Gasteiger partial charge in [0.25, 0.3) is 0 Å². The molecule has 0 unspecified atom stereocenters. The van der Waals surface area contributed by atoms with Crippen LogP contribution in [0.3, 0.4) is 0 Å². The number of benzene rings is 3. The lowest BCUT2D eigenvalue weighted by molar-refractivity contribution is -0.0241. The second-order valence-corrected chi connectivity index (χ2v) is 8.05. The van der Waals surface area contributed by atoms with Crippen LogP contribution in [0.1, 0.15) is 33.0 Å². The maximum atomic E-state index is 13.4. The zero-order valence-electron chi connectivity index (χ0n) is 16.3. The first-order valence-electron chi connectivity index (χ1n) is 9.94. The van der Waals surface area contributed by atoms with Gasteiger partial charge in [-0.15, -0.1) is 0 Å². The summed E-state index contributed by atoms with van der Waals surface area (Å²) in [5, 5.41) is 0. The smallest absolute Gasteiger partial charge is 0.194 e. The van der Waals surface area contributed by atoms with E-state index < -0.39 is 11.7 Å². The van der Waals surface area contributed by atoms with E-state index in [-0.39, 0.29) is 17.7 Å². The van der Waals surface area contributed by atoms with Crippen molar-refractivity contribution in [3.05, 3.63) is 95.1 Å². The number of nitrogens with zero attached hydrogens (tertiary/aromatic N) is 1. The summed E-state index contributed by atoms with van der Waals surface area (Å²) in [7, 11) is 3.75. The summed E-state index contributed by atoms with van der Waals surface area (Å²) in [5.41, 5.74) is 4.44. The Morgan fingerprint density at radius 3 is 2.55 bits per heavy atom. The molecule has 1 fully saturated rings. The number of likely N-dealkylation sites (N-methyl/N-ethyl adjacent to an activating group) is 1. The number of anilines is 1. The minimum absolute atomic E-state index is 0.00222. The Kier molecular flexibility index (Phi) is 3.31. The third kappa shape index (κ3) is 1.94. The lowest BCUT2D eigenvalue weighted by Crippen LogP contribution is -2.43. The largest absolute Gasteiger partial charge is 0.497 e. The highest BCUT2D eigenvalue weighted by Crippen LogP contribution is 2.63. The van der Waals surface area contributed by atoms with Crippen LogP contribution in [0.5, 0.6) is 5.75 Å². The fraction of sp³-hybridized carbons (Fsp3) is 0.240. The summed E-state index contributed by atoms with van der Waals surface area (Å²) < 4.78 is 12.3. The number of hydrogen-bond donors (Lipinski definition) is 0. The fourth-order valence-electron chi connectivity index (χ4n) is 5.68. The van der Waals surface area contributed by atoms with Crippen LogP contribution in [0.2, 0.25) is 0 Å². The number of Topliss-reactive ketones (excluding diaryl/α,β-unsaturated/α-hetero) is 1. The Morgan fingerprint density at radius 2 is 1.76 bits per heavy atom. The molecule has 4 atom stereocenters. The number of ether oxygens (including phenoxy) is 2. The molecule has 4 nitrogen and oxygen atoms in total.